The third-order valence-corrected chi connectivity index (χ3v) is 4.83. The maximum absolute atomic E-state index is 10.0. The summed E-state index contributed by atoms with van der Waals surface area (Å²) in [5.74, 6) is 0. The summed E-state index contributed by atoms with van der Waals surface area (Å²) >= 11 is 0. The molecule has 3 aromatic rings. The molecular formula is C25H25NO2. The van der Waals surface area contributed by atoms with E-state index in [0.717, 1.165) is 17.5 Å². The summed E-state index contributed by atoms with van der Waals surface area (Å²) in [6, 6.07) is 23.4. The molecule has 0 amide bonds. The lowest BCUT2D eigenvalue weighted by molar-refractivity contribution is 0.0878. The zero-order chi connectivity index (χ0) is 19.9. The van der Waals surface area contributed by atoms with E-state index in [1.54, 1.807) is 12.1 Å². The van der Waals surface area contributed by atoms with E-state index in [4.69, 9.17) is 10.5 Å². The lowest BCUT2D eigenvalue weighted by Crippen LogP contribution is -1.90. The summed E-state index contributed by atoms with van der Waals surface area (Å²) in [6.07, 6.45) is 5.59. The van der Waals surface area contributed by atoms with E-state index in [-0.39, 0.29) is 12.2 Å². The molecule has 3 nitrogen and oxygen atoms in total. The minimum Gasteiger partial charge on any atom is -0.399 e. The van der Waals surface area contributed by atoms with E-state index < -0.39 is 0 Å². The number of aryl methyl sites for hydroxylation is 2. The molecule has 0 saturated carbocycles. The number of hydrogen-bond acceptors (Lipinski definition) is 3. The van der Waals surface area contributed by atoms with Crippen molar-refractivity contribution in [3.63, 3.8) is 0 Å². The Morgan fingerprint density at radius 2 is 1.36 bits per heavy atom. The van der Waals surface area contributed by atoms with Crippen LogP contribution in [0.15, 0.2) is 84.9 Å². The Morgan fingerprint density at radius 1 is 0.786 bits per heavy atom. The van der Waals surface area contributed by atoms with Gasteiger partial charge in [-0.3, -0.25) is 4.79 Å². The van der Waals surface area contributed by atoms with Gasteiger partial charge in [-0.15, -0.1) is 0 Å². The number of carbonyl (C=O) groups excluding carboxylic acids is 1. The molecule has 0 radical (unpaired) electrons. The highest BCUT2D eigenvalue weighted by Gasteiger charge is 2.32. The molecule has 2 heterocycles. The SMILES string of the molecule is C1=CC2OC1c1ccccc12.Cc1ccc(N)cc1C.O=Cc1ccccc1. The van der Waals surface area contributed by atoms with Gasteiger partial charge in [-0.1, -0.05) is 72.8 Å². The van der Waals surface area contributed by atoms with E-state index in [2.05, 4.69) is 50.3 Å². The number of rotatable bonds is 1. The van der Waals surface area contributed by atoms with Gasteiger partial charge >= 0.3 is 0 Å². The molecule has 3 aromatic carbocycles. The van der Waals surface area contributed by atoms with E-state index in [0.29, 0.717) is 0 Å². The number of benzene rings is 3. The van der Waals surface area contributed by atoms with Crippen molar-refractivity contribution >= 4 is 12.0 Å². The number of hydrogen-bond donors (Lipinski definition) is 1. The summed E-state index contributed by atoms with van der Waals surface area (Å²) in [4.78, 5) is 10.0. The van der Waals surface area contributed by atoms with Gasteiger partial charge in [0.2, 0.25) is 0 Å². The predicted molar refractivity (Wildman–Crippen MR) is 114 cm³/mol. The maximum atomic E-state index is 10.0. The summed E-state index contributed by atoms with van der Waals surface area (Å²) in [6.45, 7) is 4.14. The highest BCUT2D eigenvalue weighted by Crippen LogP contribution is 2.45. The molecule has 5 rings (SSSR count). The number of anilines is 1. The molecule has 2 unspecified atom stereocenters. The molecule has 0 fully saturated rings. The van der Waals surface area contributed by atoms with Gasteiger partial charge < -0.3 is 10.5 Å². The number of carbonyl (C=O) groups is 1. The van der Waals surface area contributed by atoms with Crippen LogP contribution in [0.25, 0.3) is 0 Å². The van der Waals surface area contributed by atoms with Crippen molar-refractivity contribution < 1.29 is 9.53 Å². The van der Waals surface area contributed by atoms with Gasteiger partial charge in [0.1, 0.15) is 18.5 Å². The fraction of sp³-hybridized carbons (Fsp3) is 0.160. The Labute approximate surface area is 166 Å². The Bertz CT molecular complexity index is 932. The monoisotopic (exact) mass is 371 g/mol. The first kappa shape index (κ1) is 19.6. The largest absolute Gasteiger partial charge is 0.399 e. The fourth-order valence-electron chi connectivity index (χ4n) is 3.13. The van der Waals surface area contributed by atoms with Gasteiger partial charge in [-0.2, -0.15) is 0 Å². The predicted octanol–water partition coefficient (Wildman–Crippen LogP) is 5.75. The van der Waals surface area contributed by atoms with Gasteiger partial charge in [-0.05, 0) is 48.2 Å². The van der Waals surface area contributed by atoms with E-state index in [1.807, 2.05) is 36.4 Å². The third-order valence-electron chi connectivity index (χ3n) is 4.83. The first-order valence-electron chi connectivity index (χ1n) is 9.34. The van der Waals surface area contributed by atoms with Crippen LogP contribution in [0.5, 0.6) is 0 Å². The smallest absolute Gasteiger partial charge is 0.150 e. The Balaban J connectivity index is 0.000000123. The Morgan fingerprint density at radius 3 is 1.82 bits per heavy atom. The molecule has 2 aliphatic rings. The fourth-order valence-corrected chi connectivity index (χ4v) is 3.13. The quantitative estimate of drug-likeness (QED) is 0.336. The van der Waals surface area contributed by atoms with Crippen molar-refractivity contribution in [1.29, 1.82) is 0 Å². The molecule has 0 aliphatic carbocycles. The second-order valence-electron chi connectivity index (χ2n) is 6.86. The Kier molecular flexibility index (Phi) is 6.41. The zero-order valence-corrected chi connectivity index (χ0v) is 16.2. The normalized spacial score (nSPS) is 17.6. The summed E-state index contributed by atoms with van der Waals surface area (Å²) < 4.78 is 5.63. The number of ether oxygens (including phenoxy) is 1. The van der Waals surface area contributed by atoms with Crippen molar-refractivity contribution in [2.24, 2.45) is 0 Å². The highest BCUT2D eigenvalue weighted by molar-refractivity contribution is 5.74. The van der Waals surface area contributed by atoms with Crippen LogP contribution in [-0.4, -0.2) is 6.29 Å². The highest BCUT2D eigenvalue weighted by atomic mass is 16.5. The molecule has 2 aliphatic heterocycles. The first-order chi connectivity index (χ1) is 13.6. The minimum atomic E-state index is 0.246. The molecule has 142 valence electrons. The topological polar surface area (TPSA) is 52.3 Å². The van der Waals surface area contributed by atoms with Crippen molar-refractivity contribution in [2.45, 2.75) is 26.1 Å². The van der Waals surface area contributed by atoms with Crippen LogP contribution in [0, 0.1) is 13.8 Å². The lowest BCUT2D eigenvalue weighted by Gasteiger charge is -2.04. The van der Waals surface area contributed by atoms with Crippen LogP contribution in [0.2, 0.25) is 0 Å². The second kappa shape index (κ2) is 9.16. The van der Waals surface area contributed by atoms with Crippen molar-refractivity contribution in [3.8, 4) is 0 Å². The third kappa shape index (κ3) is 4.76. The maximum Gasteiger partial charge on any atom is 0.150 e. The molecule has 0 spiro atoms. The molecular weight excluding hydrogens is 346 g/mol. The van der Waals surface area contributed by atoms with Crippen molar-refractivity contribution in [1.82, 2.24) is 0 Å². The van der Waals surface area contributed by atoms with E-state index in [9.17, 15) is 4.79 Å². The summed E-state index contributed by atoms with van der Waals surface area (Å²) in [5.41, 5.74) is 12.4. The van der Waals surface area contributed by atoms with Gasteiger partial charge in [0.05, 0.1) is 0 Å². The van der Waals surface area contributed by atoms with Crippen LogP contribution in [0.3, 0.4) is 0 Å². The van der Waals surface area contributed by atoms with Crippen LogP contribution < -0.4 is 5.73 Å². The number of fused-ring (bicyclic) bond motifs is 5. The first-order valence-corrected chi connectivity index (χ1v) is 9.34. The van der Waals surface area contributed by atoms with Crippen LogP contribution in [-0.2, 0) is 4.74 Å². The van der Waals surface area contributed by atoms with Crippen LogP contribution in [0.1, 0.15) is 44.8 Å². The average molecular weight is 371 g/mol. The van der Waals surface area contributed by atoms with Gasteiger partial charge in [-0.25, -0.2) is 0 Å². The van der Waals surface area contributed by atoms with Gasteiger partial charge in [0.25, 0.3) is 0 Å². The molecule has 0 aromatic heterocycles. The van der Waals surface area contributed by atoms with Crippen molar-refractivity contribution in [2.75, 3.05) is 5.73 Å². The van der Waals surface area contributed by atoms with E-state index in [1.165, 1.54) is 22.3 Å². The molecule has 2 atom stereocenters. The molecule has 28 heavy (non-hydrogen) atoms. The zero-order valence-electron chi connectivity index (χ0n) is 16.2. The lowest BCUT2D eigenvalue weighted by atomic mass is 9.97. The minimum absolute atomic E-state index is 0.246. The number of aldehydes is 1. The molecule has 2 bridgehead atoms. The number of nitrogen functional groups attached to an aromatic ring is 1. The molecule has 0 saturated heterocycles. The van der Waals surface area contributed by atoms with Crippen LogP contribution in [0.4, 0.5) is 5.69 Å². The van der Waals surface area contributed by atoms with Crippen LogP contribution >= 0.6 is 0 Å². The van der Waals surface area contributed by atoms with Gasteiger partial charge in [0, 0.05) is 11.3 Å². The van der Waals surface area contributed by atoms with Gasteiger partial charge in [0.15, 0.2) is 0 Å². The summed E-state index contributed by atoms with van der Waals surface area (Å²) in [7, 11) is 0. The molecule has 2 N–H and O–H groups in total. The Hall–Kier alpha value is -3.17. The standard InChI is InChI=1S/C10H8O.C8H11N.C7H6O/c1-2-4-8-7(3-1)9-5-6-10(8)11-9;1-6-3-4-8(9)5-7(6)2;8-6-7-4-2-1-3-5-7/h1-6,9-10H;3-5H,9H2,1-2H3;1-6H. The summed E-state index contributed by atoms with van der Waals surface area (Å²) in [5, 5.41) is 0. The second-order valence-corrected chi connectivity index (χ2v) is 6.86. The van der Waals surface area contributed by atoms with Crippen molar-refractivity contribution in [3.05, 3.63) is 113 Å². The molecule has 3 heteroatoms. The number of nitrogens with two attached hydrogens (primary N) is 1. The van der Waals surface area contributed by atoms with E-state index >= 15 is 0 Å². The average Bonchev–Trinajstić information content (AvgIpc) is 3.36.